The second kappa shape index (κ2) is 15.4. The first-order valence-corrected chi connectivity index (χ1v) is 16.9. The predicted octanol–water partition coefficient (Wildman–Crippen LogP) is 4.66. The molecule has 3 amide bonds. The summed E-state index contributed by atoms with van der Waals surface area (Å²) in [5.74, 6) is -0.783. The molecule has 0 aliphatic carbocycles. The zero-order chi connectivity index (χ0) is 31.8. The van der Waals surface area contributed by atoms with E-state index in [1.165, 1.54) is 11.3 Å². The summed E-state index contributed by atoms with van der Waals surface area (Å²) >= 11 is 5.86. The number of hydrogen-bond acceptors (Lipinski definition) is 9. The first kappa shape index (κ1) is 32.5. The average molecular weight is 710 g/mol. The van der Waals surface area contributed by atoms with Gasteiger partial charge in [0.2, 0.25) is 0 Å². The van der Waals surface area contributed by atoms with E-state index in [9.17, 15) is 19.5 Å². The van der Waals surface area contributed by atoms with Crippen LogP contribution in [0.2, 0.25) is 0 Å². The van der Waals surface area contributed by atoms with Gasteiger partial charge in [0.25, 0.3) is 17.7 Å². The number of hydrogen-bond donors (Lipinski definition) is 5. The summed E-state index contributed by atoms with van der Waals surface area (Å²) in [7, 11) is 0. The lowest BCUT2D eigenvalue weighted by Gasteiger charge is -2.27. The van der Waals surface area contributed by atoms with Crippen LogP contribution in [0.4, 0.5) is 0 Å². The molecule has 0 spiro atoms. The van der Waals surface area contributed by atoms with E-state index in [-0.39, 0.29) is 24.1 Å². The Hall–Kier alpha value is -3.88. The van der Waals surface area contributed by atoms with Crippen LogP contribution in [0.25, 0.3) is 10.4 Å². The van der Waals surface area contributed by atoms with E-state index in [0.29, 0.717) is 38.0 Å². The van der Waals surface area contributed by atoms with Crippen LogP contribution in [-0.2, 0) is 6.54 Å². The van der Waals surface area contributed by atoms with Gasteiger partial charge in [0, 0.05) is 61.2 Å². The van der Waals surface area contributed by atoms with Gasteiger partial charge in [-0.3, -0.25) is 19.3 Å². The van der Waals surface area contributed by atoms with Gasteiger partial charge in [0.1, 0.15) is 5.75 Å². The van der Waals surface area contributed by atoms with Crippen molar-refractivity contribution in [1.29, 1.82) is 0 Å². The summed E-state index contributed by atoms with van der Waals surface area (Å²) in [5, 5.41) is 25.8. The normalized spacial score (nSPS) is 13.8. The van der Waals surface area contributed by atoms with Gasteiger partial charge >= 0.3 is 0 Å². The van der Waals surface area contributed by atoms with Gasteiger partial charge < -0.3 is 21.1 Å². The molecule has 3 heterocycles. The number of halogens is 1. The Balaban J connectivity index is 1.09. The number of aromatic hydroxyl groups is 1. The highest BCUT2D eigenvalue weighted by atomic mass is 79.9. The highest BCUT2D eigenvalue weighted by Crippen LogP contribution is 2.39. The maximum absolute atomic E-state index is 12.7. The van der Waals surface area contributed by atoms with E-state index in [4.69, 9.17) is 0 Å². The number of nitrogens with zero attached hydrogens (tertiary/aromatic N) is 2. The molecule has 1 fully saturated rings. The van der Waals surface area contributed by atoms with Crippen molar-refractivity contribution in [2.24, 2.45) is 5.10 Å². The maximum Gasteiger partial charge on any atom is 0.281 e. The Bertz CT molecular complexity index is 1680. The fourth-order valence-electron chi connectivity index (χ4n) is 4.65. The molecule has 10 nitrogen and oxygen atoms in total. The van der Waals surface area contributed by atoms with Gasteiger partial charge in [-0.2, -0.15) is 5.10 Å². The van der Waals surface area contributed by atoms with Crippen molar-refractivity contribution in [1.82, 2.24) is 26.3 Å². The van der Waals surface area contributed by atoms with Crippen LogP contribution in [0.1, 0.15) is 47.8 Å². The summed E-state index contributed by atoms with van der Waals surface area (Å²) in [4.78, 5) is 41.7. The van der Waals surface area contributed by atoms with Crippen molar-refractivity contribution < 1.29 is 19.5 Å². The number of benzene rings is 2. The first-order valence-electron chi connectivity index (χ1n) is 14.4. The molecule has 2 aromatic carbocycles. The standard InChI is InChI=1S/C32H33BrN6O4S2/c1-20(25-19-44-29(28(25)40)22-6-8-24(33)9-7-22)37-38-32(43)27-11-10-26(45-27)31(42)36-18-21-2-4-23(5-3-21)30(41)35-14-17-39-15-12-34-13-16-39/h2-11,19,34,40H,12-18H2,1H3,(H,35,41)(H,36,42)(H,38,43)/b37-20+. The predicted molar refractivity (Wildman–Crippen MR) is 182 cm³/mol. The molecule has 234 valence electrons. The van der Waals surface area contributed by atoms with Crippen LogP contribution in [0, 0.1) is 0 Å². The number of nitrogens with one attached hydrogen (secondary N) is 4. The van der Waals surface area contributed by atoms with Crippen molar-refractivity contribution in [3.63, 3.8) is 0 Å². The Morgan fingerprint density at radius 1 is 0.933 bits per heavy atom. The fraction of sp³-hybridized carbons (Fsp3) is 0.250. The van der Waals surface area contributed by atoms with Gasteiger partial charge in [0.05, 0.1) is 25.9 Å². The monoisotopic (exact) mass is 708 g/mol. The molecule has 0 saturated carbocycles. The van der Waals surface area contributed by atoms with Crippen LogP contribution in [-0.4, -0.2) is 72.7 Å². The lowest BCUT2D eigenvalue weighted by Crippen LogP contribution is -2.46. The minimum absolute atomic E-state index is 0.104. The van der Waals surface area contributed by atoms with Gasteiger partial charge in [-0.05, 0) is 54.4 Å². The zero-order valence-corrected chi connectivity index (χ0v) is 27.8. The second-order valence-corrected chi connectivity index (χ2v) is 13.2. The third kappa shape index (κ3) is 8.65. The second-order valence-electron chi connectivity index (χ2n) is 10.4. The third-order valence-electron chi connectivity index (χ3n) is 7.23. The smallest absolute Gasteiger partial charge is 0.281 e. The van der Waals surface area contributed by atoms with Crippen molar-refractivity contribution >= 4 is 62.0 Å². The highest BCUT2D eigenvalue weighted by Gasteiger charge is 2.17. The number of hydrazone groups is 1. The van der Waals surface area contributed by atoms with Crippen LogP contribution in [0.15, 0.2) is 75.6 Å². The Morgan fingerprint density at radius 2 is 1.62 bits per heavy atom. The number of amides is 3. The first-order chi connectivity index (χ1) is 21.8. The lowest BCUT2D eigenvalue weighted by molar-refractivity contribution is 0.0940. The van der Waals surface area contributed by atoms with E-state index in [2.05, 4.69) is 47.3 Å². The number of piperazine rings is 1. The minimum Gasteiger partial charge on any atom is -0.506 e. The number of rotatable bonds is 11. The number of carbonyl (C=O) groups is 3. The third-order valence-corrected chi connectivity index (χ3v) is 9.86. The highest BCUT2D eigenvalue weighted by molar-refractivity contribution is 9.10. The van der Waals surface area contributed by atoms with Crippen molar-refractivity contribution in [3.8, 4) is 16.2 Å². The van der Waals surface area contributed by atoms with E-state index < -0.39 is 5.91 Å². The zero-order valence-electron chi connectivity index (χ0n) is 24.6. The topological polar surface area (TPSA) is 135 Å². The molecule has 4 aromatic rings. The molecule has 5 rings (SSSR count). The van der Waals surface area contributed by atoms with Crippen LogP contribution >= 0.6 is 38.6 Å². The SMILES string of the molecule is C/C(=N\NC(=O)c1ccc(C(=O)NCc2ccc(C(=O)NCCN3CCNCC3)cc2)s1)c1csc(-c2ccc(Br)cc2)c1O. The van der Waals surface area contributed by atoms with Crippen LogP contribution in [0.3, 0.4) is 0 Å². The van der Waals surface area contributed by atoms with E-state index in [1.807, 2.05) is 36.4 Å². The number of carbonyl (C=O) groups excluding carboxylic acids is 3. The van der Waals surface area contributed by atoms with Crippen LogP contribution < -0.4 is 21.4 Å². The van der Waals surface area contributed by atoms with Crippen molar-refractivity contribution in [2.75, 3.05) is 39.3 Å². The van der Waals surface area contributed by atoms with Gasteiger partial charge in [0.15, 0.2) is 0 Å². The summed E-state index contributed by atoms with van der Waals surface area (Å²) in [6.45, 7) is 7.32. The molecule has 0 unspecified atom stereocenters. The van der Waals surface area contributed by atoms with Crippen molar-refractivity contribution in [2.45, 2.75) is 13.5 Å². The van der Waals surface area contributed by atoms with Gasteiger partial charge in [-0.15, -0.1) is 22.7 Å². The molecule has 0 atom stereocenters. The maximum atomic E-state index is 12.7. The largest absolute Gasteiger partial charge is 0.506 e. The molecule has 0 bridgehead atoms. The molecule has 0 radical (unpaired) electrons. The van der Waals surface area contributed by atoms with Gasteiger partial charge in [-0.1, -0.05) is 40.2 Å². The average Bonchev–Trinajstić information content (AvgIpc) is 3.71. The quantitative estimate of drug-likeness (QED) is 0.114. The summed E-state index contributed by atoms with van der Waals surface area (Å²) < 4.78 is 0.946. The molecule has 13 heteroatoms. The summed E-state index contributed by atoms with van der Waals surface area (Å²) in [6.07, 6.45) is 0. The Kier molecular flexibility index (Phi) is 11.1. The van der Waals surface area contributed by atoms with E-state index in [0.717, 1.165) is 59.7 Å². The summed E-state index contributed by atoms with van der Waals surface area (Å²) in [5.41, 5.74) is 5.79. The molecule has 1 aliphatic heterocycles. The number of thiophene rings is 2. The Labute approximate surface area is 277 Å². The molecular formula is C32H33BrN6O4S2. The van der Waals surface area contributed by atoms with Crippen molar-refractivity contribution in [3.05, 3.63) is 97.0 Å². The Morgan fingerprint density at radius 3 is 2.33 bits per heavy atom. The van der Waals surface area contributed by atoms with Gasteiger partial charge in [-0.25, -0.2) is 5.43 Å². The lowest BCUT2D eigenvalue weighted by atomic mass is 10.1. The van der Waals surface area contributed by atoms with E-state index in [1.54, 1.807) is 36.6 Å². The molecule has 2 aromatic heterocycles. The summed E-state index contributed by atoms with van der Waals surface area (Å²) in [6, 6.07) is 17.9. The fourth-order valence-corrected chi connectivity index (χ4v) is 6.74. The molecule has 1 saturated heterocycles. The molecule has 5 N–H and O–H groups in total. The molecule has 45 heavy (non-hydrogen) atoms. The molecular weight excluding hydrogens is 676 g/mol. The minimum atomic E-state index is -0.456. The molecule has 1 aliphatic rings. The van der Waals surface area contributed by atoms with Crippen LogP contribution in [0.5, 0.6) is 5.75 Å². The van der Waals surface area contributed by atoms with E-state index >= 15 is 0 Å².